The third kappa shape index (κ3) is 3.57. The SMILES string of the molecule is CCNC(c1ccc(F)c(F)c1)C1CCCC(CC)C1. The summed E-state index contributed by atoms with van der Waals surface area (Å²) >= 11 is 0. The zero-order valence-corrected chi connectivity index (χ0v) is 12.5. The molecule has 2 rings (SSSR count). The summed E-state index contributed by atoms with van der Waals surface area (Å²) in [5, 5.41) is 3.47. The van der Waals surface area contributed by atoms with Crippen molar-refractivity contribution in [3.63, 3.8) is 0 Å². The Morgan fingerprint density at radius 3 is 2.65 bits per heavy atom. The number of rotatable bonds is 5. The first-order valence-corrected chi connectivity index (χ1v) is 7.84. The third-order valence-electron chi connectivity index (χ3n) is 4.60. The van der Waals surface area contributed by atoms with E-state index < -0.39 is 11.6 Å². The van der Waals surface area contributed by atoms with Gasteiger partial charge >= 0.3 is 0 Å². The molecule has 0 aromatic heterocycles. The first kappa shape index (κ1) is 15.4. The van der Waals surface area contributed by atoms with Crippen LogP contribution in [0.3, 0.4) is 0 Å². The van der Waals surface area contributed by atoms with E-state index in [4.69, 9.17) is 0 Å². The second-order valence-corrected chi connectivity index (χ2v) is 5.91. The largest absolute Gasteiger partial charge is 0.310 e. The van der Waals surface area contributed by atoms with Crippen LogP contribution >= 0.6 is 0 Å². The standard InChI is InChI=1S/C17H25F2N/c1-3-12-6-5-7-13(10-12)17(20-4-2)14-8-9-15(18)16(19)11-14/h8-9,11-13,17,20H,3-7,10H2,1-2H3. The van der Waals surface area contributed by atoms with E-state index >= 15 is 0 Å². The Kier molecular flexibility index (Phi) is 5.53. The molecule has 3 atom stereocenters. The summed E-state index contributed by atoms with van der Waals surface area (Å²) in [6.45, 7) is 5.15. The molecule has 1 nitrogen and oxygen atoms in total. The quantitative estimate of drug-likeness (QED) is 0.815. The van der Waals surface area contributed by atoms with E-state index in [1.165, 1.54) is 44.2 Å². The molecule has 0 heterocycles. The Bertz CT molecular complexity index is 433. The van der Waals surface area contributed by atoms with Gasteiger partial charge in [0.15, 0.2) is 11.6 Å². The maximum absolute atomic E-state index is 13.5. The van der Waals surface area contributed by atoms with Gasteiger partial charge in [-0.3, -0.25) is 0 Å². The van der Waals surface area contributed by atoms with Crippen molar-refractivity contribution >= 4 is 0 Å². The van der Waals surface area contributed by atoms with E-state index in [9.17, 15) is 8.78 Å². The van der Waals surface area contributed by atoms with Crippen molar-refractivity contribution in [1.82, 2.24) is 5.32 Å². The van der Waals surface area contributed by atoms with Crippen LogP contribution in [0.2, 0.25) is 0 Å². The van der Waals surface area contributed by atoms with Gasteiger partial charge in [-0.1, -0.05) is 39.2 Å². The average molecular weight is 281 g/mol. The van der Waals surface area contributed by atoms with Crippen molar-refractivity contribution in [1.29, 1.82) is 0 Å². The zero-order valence-electron chi connectivity index (χ0n) is 12.5. The number of halogens is 2. The number of nitrogens with one attached hydrogen (secondary N) is 1. The summed E-state index contributed by atoms with van der Waals surface area (Å²) < 4.78 is 26.6. The average Bonchev–Trinajstić information content (AvgIpc) is 2.48. The normalized spacial score (nSPS) is 24.6. The zero-order chi connectivity index (χ0) is 14.5. The van der Waals surface area contributed by atoms with Crippen LogP contribution in [-0.4, -0.2) is 6.54 Å². The Labute approximate surface area is 120 Å². The fourth-order valence-electron chi connectivity index (χ4n) is 3.49. The second kappa shape index (κ2) is 7.16. The maximum Gasteiger partial charge on any atom is 0.159 e. The fourth-order valence-corrected chi connectivity index (χ4v) is 3.49. The van der Waals surface area contributed by atoms with Crippen molar-refractivity contribution in [2.45, 2.75) is 52.0 Å². The monoisotopic (exact) mass is 281 g/mol. The molecule has 0 aliphatic heterocycles. The predicted octanol–water partition coefficient (Wildman–Crippen LogP) is 4.83. The van der Waals surface area contributed by atoms with Gasteiger partial charge in [0.05, 0.1) is 0 Å². The molecule has 3 heteroatoms. The highest BCUT2D eigenvalue weighted by molar-refractivity contribution is 5.22. The van der Waals surface area contributed by atoms with Gasteiger partial charge in [-0.25, -0.2) is 8.78 Å². The summed E-state index contributed by atoms with van der Waals surface area (Å²) in [7, 11) is 0. The van der Waals surface area contributed by atoms with Crippen molar-refractivity contribution < 1.29 is 8.78 Å². The summed E-state index contributed by atoms with van der Waals surface area (Å²) in [6.07, 6.45) is 6.13. The lowest BCUT2D eigenvalue weighted by Crippen LogP contribution is -2.31. The van der Waals surface area contributed by atoms with E-state index in [1.807, 2.05) is 0 Å². The van der Waals surface area contributed by atoms with Crippen LogP contribution in [0, 0.1) is 23.5 Å². The van der Waals surface area contributed by atoms with Crippen LogP contribution in [-0.2, 0) is 0 Å². The first-order valence-electron chi connectivity index (χ1n) is 7.84. The minimum absolute atomic E-state index is 0.143. The molecule has 3 unspecified atom stereocenters. The van der Waals surface area contributed by atoms with Crippen LogP contribution in [0.5, 0.6) is 0 Å². The molecule has 0 radical (unpaired) electrons. The summed E-state index contributed by atoms with van der Waals surface area (Å²) in [4.78, 5) is 0. The van der Waals surface area contributed by atoms with Gasteiger partial charge in [0.25, 0.3) is 0 Å². The highest BCUT2D eigenvalue weighted by Gasteiger charge is 2.28. The van der Waals surface area contributed by atoms with E-state index in [1.54, 1.807) is 6.07 Å². The van der Waals surface area contributed by atoms with Crippen molar-refractivity contribution in [3.05, 3.63) is 35.4 Å². The van der Waals surface area contributed by atoms with Gasteiger partial charge < -0.3 is 5.32 Å². The van der Waals surface area contributed by atoms with E-state index in [2.05, 4.69) is 19.2 Å². The van der Waals surface area contributed by atoms with Crippen LogP contribution in [0.1, 0.15) is 57.6 Å². The summed E-state index contributed by atoms with van der Waals surface area (Å²) in [5.74, 6) is -0.203. The Balaban J connectivity index is 2.18. The molecule has 0 spiro atoms. The molecule has 1 aromatic rings. The number of benzene rings is 1. The molecule has 0 bridgehead atoms. The minimum atomic E-state index is -0.765. The number of hydrogen-bond acceptors (Lipinski definition) is 1. The molecular weight excluding hydrogens is 256 g/mol. The van der Waals surface area contributed by atoms with Crippen molar-refractivity contribution in [2.24, 2.45) is 11.8 Å². The summed E-state index contributed by atoms with van der Waals surface area (Å²) in [5.41, 5.74) is 0.882. The van der Waals surface area contributed by atoms with Crippen LogP contribution in [0.4, 0.5) is 8.78 Å². The minimum Gasteiger partial charge on any atom is -0.310 e. The van der Waals surface area contributed by atoms with Gasteiger partial charge in [-0.15, -0.1) is 0 Å². The second-order valence-electron chi connectivity index (χ2n) is 5.91. The van der Waals surface area contributed by atoms with Crippen LogP contribution in [0.25, 0.3) is 0 Å². The highest BCUT2D eigenvalue weighted by atomic mass is 19.2. The lowest BCUT2D eigenvalue weighted by Gasteiger charge is -2.35. The van der Waals surface area contributed by atoms with Gasteiger partial charge in [0, 0.05) is 6.04 Å². The van der Waals surface area contributed by atoms with E-state index in [0.29, 0.717) is 5.92 Å². The molecule has 1 fully saturated rings. The maximum atomic E-state index is 13.5. The molecule has 1 saturated carbocycles. The van der Waals surface area contributed by atoms with Crippen molar-refractivity contribution in [2.75, 3.05) is 6.54 Å². The van der Waals surface area contributed by atoms with Crippen LogP contribution < -0.4 is 5.32 Å². The van der Waals surface area contributed by atoms with E-state index in [0.717, 1.165) is 18.0 Å². The molecule has 1 aliphatic carbocycles. The molecule has 1 aromatic carbocycles. The molecule has 0 saturated heterocycles. The smallest absolute Gasteiger partial charge is 0.159 e. The fraction of sp³-hybridized carbons (Fsp3) is 0.647. The van der Waals surface area contributed by atoms with Crippen LogP contribution in [0.15, 0.2) is 18.2 Å². The molecule has 1 N–H and O–H groups in total. The van der Waals surface area contributed by atoms with Crippen molar-refractivity contribution in [3.8, 4) is 0 Å². The lowest BCUT2D eigenvalue weighted by molar-refractivity contribution is 0.210. The molecule has 1 aliphatic rings. The summed E-state index contributed by atoms with van der Waals surface area (Å²) in [6, 6.07) is 4.47. The Morgan fingerprint density at radius 2 is 2.00 bits per heavy atom. The topological polar surface area (TPSA) is 12.0 Å². The Morgan fingerprint density at radius 1 is 1.20 bits per heavy atom. The van der Waals surface area contributed by atoms with Gasteiger partial charge in [0.2, 0.25) is 0 Å². The van der Waals surface area contributed by atoms with Gasteiger partial charge in [-0.2, -0.15) is 0 Å². The molecule has 0 amide bonds. The van der Waals surface area contributed by atoms with Gasteiger partial charge in [0.1, 0.15) is 0 Å². The van der Waals surface area contributed by atoms with Gasteiger partial charge in [-0.05, 0) is 48.9 Å². The lowest BCUT2D eigenvalue weighted by atomic mass is 9.75. The third-order valence-corrected chi connectivity index (χ3v) is 4.60. The Hall–Kier alpha value is -0.960. The first-order chi connectivity index (χ1) is 9.65. The molecule has 112 valence electrons. The predicted molar refractivity (Wildman–Crippen MR) is 78.5 cm³/mol. The van der Waals surface area contributed by atoms with E-state index in [-0.39, 0.29) is 6.04 Å². The molecule has 20 heavy (non-hydrogen) atoms. The highest BCUT2D eigenvalue weighted by Crippen LogP contribution is 2.38. The number of hydrogen-bond donors (Lipinski definition) is 1. The molecular formula is C17H25F2N.